The maximum Gasteiger partial charge on any atom is 0.264 e. The summed E-state index contributed by atoms with van der Waals surface area (Å²) in [7, 11) is -3.69. The minimum atomic E-state index is -3.69. The van der Waals surface area contributed by atoms with Gasteiger partial charge in [-0.3, -0.25) is 9.10 Å². The summed E-state index contributed by atoms with van der Waals surface area (Å²) < 4.78 is 28.0. The fraction of sp³-hybridized carbons (Fsp3) is 0.208. The van der Waals surface area contributed by atoms with E-state index in [4.69, 9.17) is 11.6 Å². The molecule has 31 heavy (non-hydrogen) atoms. The van der Waals surface area contributed by atoms with E-state index in [2.05, 4.69) is 5.32 Å². The minimum Gasteiger partial charge on any atom is -0.322 e. The van der Waals surface area contributed by atoms with Crippen molar-refractivity contribution in [2.24, 2.45) is 0 Å². The SMILES string of the molecule is Cc1ccc(S(=O)(=O)N2c3ccc(C(=O)Nc4ccc(C)c(Cl)c4)cc3C[C@@H]2C)cc1. The van der Waals surface area contributed by atoms with E-state index in [1.54, 1.807) is 54.6 Å². The van der Waals surface area contributed by atoms with Gasteiger partial charge in [0.2, 0.25) is 0 Å². The van der Waals surface area contributed by atoms with Gasteiger partial charge in [-0.1, -0.05) is 35.4 Å². The Balaban J connectivity index is 1.62. The molecule has 1 amide bonds. The Bertz CT molecular complexity index is 1270. The number of amides is 1. The first-order valence-electron chi connectivity index (χ1n) is 9.98. The average Bonchev–Trinajstić information content (AvgIpc) is 3.06. The maximum atomic E-state index is 13.3. The van der Waals surface area contributed by atoms with Crippen molar-refractivity contribution in [1.82, 2.24) is 0 Å². The van der Waals surface area contributed by atoms with Crippen LogP contribution in [-0.2, 0) is 16.4 Å². The predicted octanol–water partition coefficient (Wildman–Crippen LogP) is 5.35. The second-order valence-corrected chi connectivity index (χ2v) is 10.2. The van der Waals surface area contributed by atoms with Crippen LogP contribution in [0.1, 0.15) is 34.0 Å². The molecule has 1 N–H and O–H groups in total. The fourth-order valence-electron chi connectivity index (χ4n) is 3.81. The highest BCUT2D eigenvalue weighted by molar-refractivity contribution is 7.92. The molecule has 0 saturated heterocycles. The van der Waals surface area contributed by atoms with Crippen molar-refractivity contribution in [3.8, 4) is 0 Å². The third-order valence-corrected chi connectivity index (χ3v) is 7.85. The molecule has 0 aliphatic carbocycles. The van der Waals surface area contributed by atoms with Gasteiger partial charge in [-0.15, -0.1) is 0 Å². The third kappa shape index (κ3) is 4.05. The van der Waals surface area contributed by atoms with Gasteiger partial charge in [0.15, 0.2) is 0 Å². The van der Waals surface area contributed by atoms with Crippen molar-refractivity contribution in [3.05, 3.63) is 87.9 Å². The zero-order valence-electron chi connectivity index (χ0n) is 17.5. The number of fused-ring (bicyclic) bond motifs is 1. The van der Waals surface area contributed by atoms with E-state index in [1.807, 2.05) is 26.8 Å². The largest absolute Gasteiger partial charge is 0.322 e. The molecule has 1 aliphatic heterocycles. The van der Waals surface area contributed by atoms with Gasteiger partial charge < -0.3 is 5.32 Å². The molecule has 0 aromatic heterocycles. The highest BCUT2D eigenvalue weighted by atomic mass is 35.5. The zero-order valence-corrected chi connectivity index (χ0v) is 19.1. The van der Waals surface area contributed by atoms with Gasteiger partial charge in [-0.05, 0) is 80.8 Å². The molecular weight excluding hydrogens is 432 g/mol. The molecule has 0 spiro atoms. The molecule has 0 fully saturated rings. The summed E-state index contributed by atoms with van der Waals surface area (Å²) in [4.78, 5) is 13.0. The fourth-order valence-corrected chi connectivity index (χ4v) is 5.68. The average molecular weight is 455 g/mol. The molecule has 0 saturated carbocycles. The third-order valence-electron chi connectivity index (χ3n) is 5.50. The van der Waals surface area contributed by atoms with Gasteiger partial charge in [0.1, 0.15) is 0 Å². The Morgan fingerprint density at radius 2 is 1.74 bits per heavy atom. The first kappa shape index (κ1) is 21.4. The highest BCUT2D eigenvalue weighted by Gasteiger charge is 2.36. The Hall–Kier alpha value is -2.83. The molecular formula is C24H23ClN2O3S. The first-order chi connectivity index (χ1) is 14.7. The summed E-state index contributed by atoms with van der Waals surface area (Å²) >= 11 is 6.14. The molecule has 160 valence electrons. The number of benzene rings is 3. The van der Waals surface area contributed by atoms with Crippen LogP contribution in [0.3, 0.4) is 0 Å². The number of nitrogens with zero attached hydrogens (tertiary/aromatic N) is 1. The van der Waals surface area contributed by atoms with Crippen LogP contribution in [0.2, 0.25) is 5.02 Å². The van der Waals surface area contributed by atoms with Gasteiger partial charge in [0.05, 0.1) is 10.6 Å². The molecule has 3 aromatic rings. The number of sulfonamides is 1. The summed E-state index contributed by atoms with van der Waals surface area (Å²) in [5.41, 5.74) is 4.46. The van der Waals surface area contributed by atoms with Crippen molar-refractivity contribution in [2.45, 2.75) is 38.1 Å². The van der Waals surface area contributed by atoms with Gasteiger partial charge in [0.25, 0.3) is 15.9 Å². The number of nitrogens with one attached hydrogen (secondary N) is 1. The van der Waals surface area contributed by atoms with Crippen LogP contribution in [0.25, 0.3) is 0 Å². The zero-order chi connectivity index (χ0) is 22.3. The molecule has 1 heterocycles. The Kier molecular flexibility index (Phi) is 5.54. The normalized spacial score (nSPS) is 15.6. The molecule has 1 aliphatic rings. The summed E-state index contributed by atoms with van der Waals surface area (Å²) in [6.45, 7) is 5.69. The smallest absolute Gasteiger partial charge is 0.264 e. The number of anilines is 2. The number of rotatable bonds is 4. The van der Waals surface area contributed by atoms with Crippen molar-refractivity contribution in [1.29, 1.82) is 0 Å². The molecule has 4 rings (SSSR count). The summed E-state index contributed by atoms with van der Waals surface area (Å²) in [6.07, 6.45) is 0.540. The Morgan fingerprint density at radius 3 is 2.42 bits per heavy atom. The van der Waals surface area contributed by atoms with Gasteiger partial charge in [-0.25, -0.2) is 8.42 Å². The van der Waals surface area contributed by atoms with E-state index >= 15 is 0 Å². The number of aryl methyl sites for hydroxylation is 2. The number of hydrogen-bond donors (Lipinski definition) is 1. The quantitative estimate of drug-likeness (QED) is 0.577. The van der Waals surface area contributed by atoms with Crippen molar-refractivity contribution >= 4 is 38.9 Å². The topological polar surface area (TPSA) is 66.5 Å². The number of hydrogen-bond acceptors (Lipinski definition) is 3. The van der Waals surface area contributed by atoms with E-state index in [0.717, 1.165) is 16.7 Å². The molecule has 0 unspecified atom stereocenters. The lowest BCUT2D eigenvalue weighted by atomic mass is 10.1. The molecule has 7 heteroatoms. The number of carbonyl (C=O) groups is 1. The first-order valence-corrected chi connectivity index (χ1v) is 11.8. The van der Waals surface area contributed by atoms with Crippen LogP contribution in [0.4, 0.5) is 11.4 Å². The molecule has 5 nitrogen and oxygen atoms in total. The summed E-state index contributed by atoms with van der Waals surface area (Å²) in [5, 5.41) is 3.43. The van der Waals surface area contributed by atoms with Crippen LogP contribution < -0.4 is 9.62 Å². The van der Waals surface area contributed by atoms with Crippen molar-refractivity contribution in [3.63, 3.8) is 0 Å². The van der Waals surface area contributed by atoms with Crippen molar-refractivity contribution in [2.75, 3.05) is 9.62 Å². The van der Waals surface area contributed by atoms with Gasteiger partial charge in [-0.2, -0.15) is 0 Å². The van der Waals surface area contributed by atoms with Crippen LogP contribution in [0, 0.1) is 13.8 Å². The lowest BCUT2D eigenvalue weighted by Gasteiger charge is -2.24. The lowest BCUT2D eigenvalue weighted by molar-refractivity contribution is 0.102. The van der Waals surface area contributed by atoms with Gasteiger partial charge in [0, 0.05) is 22.3 Å². The van der Waals surface area contributed by atoms with Crippen LogP contribution in [-0.4, -0.2) is 20.4 Å². The predicted molar refractivity (Wildman–Crippen MR) is 125 cm³/mol. The van der Waals surface area contributed by atoms with Crippen LogP contribution in [0.15, 0.2) is 65.6 Å². The van der Waals surface area contributed by atoms with E-state index in [1.165, 1.54) is 4.31 Å². The van der Waals surface area contributed by atoms with Gasteiger partial charge >= 0.3 is 0 Å². The standard InChI is InChI=1S/C24H23ClN2O3S/c1-15-4-9-21(10-5-15)31(29,30)27-17(3)12-19-13-18(7-11-23(19)27)24(28)26-20-8-6-16(2)22(25)14-20/h4-11,13-14,17H,12H2,1-3H3,(H,26,28)/t17-/m0/s1. The highest BCUT2D eigenvalue weighted by Crippen LogP contribution is 2.37. The monoisotopic (exact) mass is 454 g/mol. The molecule has 3 aromatic carbocycles. The number of halogens is 1. The van der Waals surface area contributed by atoms with E-state index in [0.29, 0.717) is 28.4 Å². The molecule has 0 bridgehead atoms. The Labute approximate surface area is 187 Å². The molecule has 1 atom stereocenters. The minimum absolute atomic E-state index is 0.240. The lowest BCUT2D eigenvalue weighted by Crippen LogP contribution is -2.35. The van der Waals surface area contributed by atoms with Crippen molar-refractivity contribution < 1.29 is 13.2 Å². The second-order valence-electron chi connectivity index (χ2n) is 7.93. The number of carbonyl (C=O) groups excluding carboxylic acids is 1. The van der Waals surface area contributed by atoms with E-state index < -0.39 is 10.0 Å². The van der Waals surface area contributed by atoms with Crippen LogP contribution in [0.5, 0.6) is 0 Å². The van der Waals surface area contributed by atoms with Crippen LogP contribution >= 0.6 is 11.6 Å². The summed E-state index contributed by atoms with van der Waals surface area (Å²) in [5.74, 6) is -0.268. The second kappa shape index (κ2) is 8.02. The molecule has 0 radical (unpaired) electrons. The Morgan fingerprint density at radius 1 is 1.03 bits per heavy atom. The summed E-state index contributed by atoms with van der Waals surface area (Å²) in [6, 6.07) is 17.1. The van der Waals surface area contributed by atoms with E-state index in [-0.39, 0.29) is 16.8 Å². The maximum absolute atomic E-state index is 13.3. The van der Waals surface area contributed by atoms with E-state index in [9.17, 15) is 13.2 Å².